The zero-order valence-corrected chi connectivity index (χ0v) is 14.5. The van der Waals surface area contributed by atoms with E-state index in [0.717, 1.165) is 16.7 Å². The van der Waals surface area contributed by atoms with E-state index in [2.05, 4.69) is 4.72 Å². The van der Waals surface area contributed by atoms with E-state index in [1.165, 1.54) is 0 Å². The molecule has 6 heteroatoms. The molecule has 0 aliphatic heterocycles. The summed E-state index contributed by atoms with van der Waals surface area (Å²) in [6.07, 6.45) is 0. The highest BCUT2D eigenvalue weighted by Crippen LogP contribution is 2.30. The van der Waals surface area contributed by atoms with Crippen LogP contribution in [-0.2, 0) is 16.6 Å². The number of nitrogens with one attached hydrogen (secondary N) is 1. The van der Waals surface area contributed by atoms with Crippen molar-refractivity contribution in [2.75, 3.05) is 14.2 Å². The van der Waals surface area contributed by atoms with Gasteiger partial charge in [0.1, 0.15) is 0 Å². The topological polar surface area (TPSA) is 64.6 Å². The average Bonchev–Trinajstić information content (AvgIpc) is 2.53. The van der Waals surface area contributed by atoms with Crippen LogP contribution in [0.3, 0.4) is 0 Å². The number of hydrogen-bond acceptors (Lipinski definition) is 4. The molecule has 0 fully saturated rings. The van der Waals surface area contributed by atoms with Crippen LogP contribution in [0.15, 0.2) is 41.3 Å². The summed E-state index contributed by atoms with van der Waals surface area (Å²) in [5.74, 6) is 1.19. The summed E-state index contributed by atoms with van der Waals surface area (Å²) in [6.45, 7) is 4.00. The van der Waals surface area contributed by atoms with Crippen LogP contribution in [-0.4, -0.2) is 22.6 Å². The number of sulfonamides is 1. The van der Waals surface area contributed by atoms with Crippen molar-refractivity contribution in [3.8, 4) is 11.5 Å². The Balaban J connectivity index is 2.21. The van der Waals surface area contributed by atoms with Crippen molar-refractivity contribution in [2.45, 2.75) is 25.3 Å². The highest BCUT2D eigenvalue weighted by atomic mass is 32.2. The highest BCUT2D eigenvalue weighted by molar-refractivity contribution is 7.89. The third kappa shape index (κ3) is 4.03. The van der Waals surface area contributed by atoms with Crippen LogP contribution in [0, 0.1) is 13.8 Å². The molecule has 0 amide bonds. The minimum absolute atomic E-state index is 0.183. The molecule has 2 aromatic rings. The largest absolute Gasteiger partial charge is 0.493 e. The predicted molar refractivity (Wildman–Crippen MR) is 89.5 cm³/mol. The van der Waals surface area contributed by atoms with Gasteiger partial charge in [-0.3, -0.25) is 0 Å². The Bertz CT molecular complexity index is 783. The predicted octanol–water partition coefficient (Wildman–Crippen LogP) is 2.80. The summed E-state index contributed by atoms with van der Waals surface area (Å²) >= 11 is 0. The lowest BCUT2D eigenvalue weighted by Crippen LogP contribution is -2.23. The maximum Gasteiger partial charge on any atom is 0.240 e. The molecule has 0 bridgehead atoms. The molecule has 2 aromatic carbocycles. The van der Waals surface area contributed by atoms with Crippen molar-refractivity contribution in [3.05, 3.63) is 53.1 Å². The second-order valence-corrected chi connectivity index (χ2v) is 7.04. The summed E-state index contributed by atoms with van der Waals surface area (Å²) in [4.78, 5) is 0.251. The van der Waals surface area contributed by atoms with E-state index in [1.54, 1.807) is 44.6 Å². The van der Waals surface area contributed by atoms with Crippen LogP contribution >= 0.6 is 0 Å². The SMILES string of the molecule is COc1cc(C)c(CNS(=O)(=O)c2ccc(C)cc2)cc1OC. The number of hydrogen-bond donors (Lipinski definition) is 1. The monoisotopic (exact) mass is 335 g/mol. The number of ether oxygens (including phenoxy) is 2. The van der Waals surface area contributed by atoms with Gasteiger partial charge in [0.05, 0.1) is 19.1 Å². The van der Waals surface area contributed by atoms with Crippen LogP contribution in [0.4, 0.5) is 0 Å². The molecule has 23 heavy (non-hydrogen) atoms. The van der Waals surface area contributed by atoms with Gasteiger partial charge in [-0.15, -0.1) is 0 Å². The lowest BCUT2D eigenvalue weighted by atomic mass is 10.1. The summed E-state index contributed by atoms with van der Waals surface area (Å²) < 4.78 is 37.8. The van der Waals surface area contributed by atoms with Crippen molar-refractivity contribution in [1.29, 1.82) is 0 Å². The first-order chi connectivity index (χ1) is 10.9. The van der Waals surface area contributed by atoms with Crippen molar-refractivity contribution in [3.63, 3.8) is 0 Å². The molecule has 0 atom stereocenters. The lowest BCUT2D eigenvalue weighted by molar-refractivity contribution is 0.354. The van der Waals surface area contributed by atoms with Gasteiger partial charge >= 0.3 is 0 Å². The molecule has 0 aromatic heterocycles. The zero-order chi connectivity index (χ0) is 17.0. The van der Waals surface area contributed by atoms with Gasteiger partial charge in [0.15, 0.2) is 11.5 Å². The van der Waals surface area contributed by atoms with Gasteiger partial charge in [-0.05, 0) is 49.2 Å². The van der Waals surface area contributed by atoms with Crippen LogP contribution in [0.25, 0.3) is 0 Å². The second kappa shape index (κ2) is 7.02. The van der Waals surface area contributed by atoms with Gasteiger partial charge in [0, 0.05) is 6.54 Å². The Kier molecular flexibility index (Phi) is 5.28. The normalized spacial score (nSPS) is 11.3. The lowest BCUT2D eigenvalue weighted by Gasteiger charge is -2.13. The van der Waals surface area contributed by atoms with E-state index in [-0.39, 0.29) is 11.4 Å². The second-order valence-electron chi connectivity index (χ2n) is 5.27. The zero-order valence-electron chi connectivity index (χ0n) is 13.7. The molecule has 0 unspecified atom stereocenters. The quantitative estimate of drug-likeness (QED) is 0.882. The first kappa shape index (κ1) is 17.3. The van der Waals surface area contributed by atoms with Gasteiger partial charge in [-0.1, -0.05) is 17.7 Å². The smallest absolute Gasteiger partial charge is 0.240 e. The first-order valence-corrected chi connectivity index (χ1v) is 8.63. The van der Waals surface area contributed by atoms with Gasteiger partial charge in [0.25, 0.3) is 0 Å². The Labute approximate surface area is 137 Å². The third-order valence-electron chi connectivity index (χ3n) is 3.63. The van der Waals surface area contributed by atoms with E-state index < -0.39 is 10.0 Å². The summed E-state index contributed by atoms with van der Waals surface area (Å²) in [5.41, 5.74) is 2.77. The number of aryl methyl sites for hydroxylation is 2. The molecule has 0 spiro atoms. The fraction of sp³-hybridized carbons (Fsp3) is 0.294. The Morgan fingerprint density at radius 1 is 0.957 bits per heavy atom. The van der Waals surface area contributed by atoms with E-state index in [1.807, 2.05) is 19.9 Å². The van der Waals surface area contributed by atoms with E-state index in [4.69, 9.17) is 9.47 Å². The molecule has 0 aliphatic rings. The van der Waals surface area contributed by atoms with Crippen LogP contribution < -0.4 is 14.2 Å². The van der Waals surface area contributed by atoms with E-state index in [0.29, 0.717) is 11.5 Å². The van der Waals surface area contributed by atoms with Crippen molar-refractivity contribution in [1.82, 2.24) is 4.72 Å². The van der Waals surface area contributed by atoms with Crippen LogP contribution in [0.2, 0.25) is 0 Å². The summed E-state index contributed by atoms with van der Waals surface area (Å²) in [7, 11) is -0.434. The van der Waals surface area contributed by atoms with Crippen LogP contribution in [0.5, 0.6) is 11.5 Å². The number of benzene rings is 2. The fourth-order valence-electron chi connectivity index (χ4n) is 2.19. The van der Waals surface area contributed by atoms with E-state index >= 15 is 0 Å². The summed E-state index contributed by atoms with van der Waals surface area (Å²) in [5, 5.41) is 0. The van der Waals surface area contributed by atoms with Crippen molar-refractivity contribution in [2.24, 2.45) is 0 Å². The number of rotatable bonds is 6. The average molecular weight is 335 g/mol. The molecule has 0 heterocycles. The molecule has 124 valence electrons. The van der Waals surface area contributed by atoms with Gasteiger partial charge in [-0.25, -0.2) is 13.1 Å². The molecular weight excluding hydrogens is 314 g/mol. The minimum Gasteiger partial charge on any atom is -0.493 e. The van der Waals surface area contributed by atoms with E-state index in [9.17, 15) is 8.42 Å². The minimum atomic E-state index is -3.55. The highest BCUT2D eigenvalue weighted by Gasteiger charge is 2.15. The Morgan fingerprint density at radius 3 is 2.09 bits per heavy atom. The molecule has 0 radical (unpaired) electrons. The Hall–Kier alpha value is -2.05. The molecular formula is C17H21NO4S. The first-order valence-electron chi connectivity index (χ1n) is 7.15. The standard InChI is InChI=1S/C17H21NO4S/c1-12-5-7-15(8-6-12)23(19,20)18-11-14-10-17(22-4)16(21-3)9-13(14)2/h5-10,18H,11H2,1-4H3. The van der Waals surface area contributed by atoms with Crippen molar-refractivity contribution < 1.29 is 17.9 Å². The molecule has 2 rings (SSSR count). The van der Waals surface area contributed by atoms with Gasteiger partial charge < -0.3 is 9.47 Å². The maximum absolute atomic E-state index is 12.3. The number of methoxy groups -OCH3 is 2. The molecule has 0 saturated heterocycles. The molecule has 0 aliphatic carbocycles. The molecule has 5 nitrogen and oxygen atoms in total. The summed E-state index contributed by atoms with van der Waals surface area (Å²) in [6, 6.07) is 10.4. The van der Waals surface area contributed by atoms with Gasteiger partial charge in [-0.2, -0.15) is 0 Å². The fourth-order valence-corrected chi connectivity index (χ4v) is 3.19. The van der Waals surface area contributed by atoms with Gasteiger partial charge in [0.2, 0.25) is 10.0 Å². The maximum atomic E-state index is 12.3. The third-order valence-corrected chi connectivity index (χ3v) is 5.04. The molecule has 1 N–H and O–H groups in total. The van der Waals surface area contributed by atoms with Crippen LogP contribution in [0.1, 0.15) is 16.7 Å². The molecule has 0 saturated carbocycles. The Morgan fingerprint density at radius 2 is 1.52 bits per heavy atom. The van der Waals surface area contributed by atoms with Crippen molar-refractivity contribution >= 4 is 10.0 Å².